The summed E-state index contributed by atoms with van der Waals surface area (Å²) in [4.78, 5) is 2.68. The van der Waals surface area contributed by atoms with Crippen molar-refractivity contribution in [2.24, 2.45) is 11.3 Å². The number of nitrogens with one attached hydrogen (secondary N) is 1. The fourth-order valence-corrected chi connectivity index (χ4v) is 4.35. The van der Waals surface area contributed by atoms with E-state index in [1.54, 1.807) is 0 Å². The van der Waals surface area contributed by atoms with Crippen LogP contribution in [-0.2, 0) is 0 Å². The van der Waals surface area contributed by atoms with Crippen LogP contribution in [0.15, 0.2) is 0 Å². The van der Waals surface area contributed by atoms with Gasteiger partial charge in [0.1, 0.15) is 0 Å². The summed E-state index contributed by atoms with van der Waals surface area (Å²) in [6.45, 7) is 6.19. The van der Waals surface area contributed by atoms with Gasteiger partial charge in [-0.15, -0.1) is 0 Å². The van der Waals surface area contributed by atoms with Crippen LogP contribution in [0.5, 0.6) is 0 Å². The van der Waals surface area contributed by atoms with Crippen molar-refractivity contribution >= 4 is 0 Å². The van der Waals surface area contributed by atoms with Gasteiger partial charge < -0.3 is 10.2 Å². The maximum Gasteiger partial charge on any atom is 0.0105 e. The third-order valence-corrected chi connectivity index (χ3v) is 5.61. The van der Waals surface area contributed by atoms with Crippen molar-refractivity contribution in [2.75, 3.05) is 20.6 Å². The summed E-state index contributed by atoms with van der Waals surface area (Å²) in [7, 11) is 4.51. The summed E-state index contributed by atoms with van der Waals surface area (Å²) in [5.41, 5.74) is 0.547. The Kier molecular flexibility index (Phi) is 5.30. The molecule has 2 saturated carbocycles. The molecule has 0 aromatic heterocycles. The highest BCUT2D eigenvalue weighted by Gasteiger charge is 2.35. The van der Waals surface area contributed by atoms with E-state index in [0.29, 0.717) is 5.41 Å². The summed E-state index contributed by atoms with van der Waals surface area (Å²) >= 11 is 0. The van der Waals surface area contributed by atoms with Crippen molar-refractivity contribution < 1.29 is 0 Å². The van der Waals surface area contributed by atoms with Gasteiger partial charge in [-0.25, -0.2) is 0 Å². The molecule has 2 aliphatic rings. The Bertz CT molecular complexity index is 268. The first-order valence-electron chi connectivity index (χ1n) is 8.39. The highest BCUT2D eigenvalue weighted by Crippen LogP contribution is 2.39. The minimum absolute atomic E-state index is 0.547. The molecule has 2 aliphatic carbocycles. The van der Waals surface area contributed by atoms with E-state index in [-0.39, 0.29) is 0 Å². The number of rotatable bonds is 4. The van der Waals surface area contributed by atoms with E-state index < -0.39 is 0 Å². The average molecular weight is 266 g/mol. The molecule has 19 heavy (non-hydrogen) atoms. The predicted molar refractivity (Wildman–Crippen MR) is 83.5 cm³/mol. The maximum absolute atomic E-state index is 3.57. The van der Waals surface area contributed by atoms with Crippen LogP contribution in [0.25, 0.3) is 0 Å². The molecular formula is C17H34N2. The molecule has 0 aliphatic heterocycles. The quantitative estimate of drug-likeness (QED) is 0.835. The molecule has 2 unspecified atom stereocenters. The van der Waals surface area contributed by atoms with Gasteiger partial charge in [0.15, 0.2) is 0 Å². The van der Waals surface area contributed by atoms with E-state index in [2.05, 4.69) is 38.2 Å². The normalized spacial score (nSPS) is 32.7. The summed E-state index contributed by atoms with van der Waals surface area (Å²) in [6.07, 6.45) is 11.3. The zero-order chi connectivity index (χ0) is 13.9. The van der Waals surface area contributed by atoms with E-state index in [1.807, 2.05) is 0 Å². The van der Waals surface area contributed by atoms with Gasteiger partial charge in [-0.1, -0.05) is 33.1 Å². The lowest BCUT2D eigenvalue weighted by molar-refractivity contribution is 0.0873. The van der Waals surface area contributed by atoms with Gasteiger partial charge in [0.05, 0.1) is 0 Å². The first-order chi connectivity index (χ1) is 9.02. The smallest absolute Gasteiger partial charge is 0.0105 e. The molecule has 0 heterocycles. The third-order valence-electron chi connectivity index (χ3n) is 5.61. The van der Waals surface area contributed by atoms with Gasteiger partial charge in [0, 0.05) is 18.6 Å². The Labute approximate surface area is 120 Å². The minimum Gasteiger partial charge on any atom is -0.317 e. The molecule has 0 aromatic carbocycles. The molecule has 2 atom stereocenters. The van der Waals surface area contributed by atoms with E-state index >= 15 is 0 Å². The lowest BCUT2D eigenvalue weighted by atomic mass is 9.69. The lowest BCUT2D eigenvalue weighted by Gasteiger charge is -2.43. The molecule has 2 heteroatoms. The van der Waals surface area contributed by atoms with E-state index in [4.69, 9.17) is 0 Å². The van der Waals surface area contributed by atoms with Crippen molar-refractivity contribution in [3.63, 3.8) is 0 Å². The Morgan fingerprint density at radius 2 is 1.79 bits per heavy atom. The number of nitrogens with zero attached hydrogens (tertiary/aromatic N) is 1. The Morgan fingerprint density at radius 3 is 2.42 bits per heavy atom. The average Bonchev–Trinajstić information content (AvgIpc) is 2.39. The second-order valence-corrected chi connectivity index (χ2v) is 7.79. The first kappa shape index (κ1) is 15.3. The van der Waals surface area contributed by atoms with Crippen molar-refractivity contribution in [1.29, 1.82) is 0 Å². The first-order valence-corrected chi connectivity index (χ1v) is 8.39. The van der Waals surface area contributed by atoms with Gasteiger partial charge in [0.2, 0.25) is 0 Å². The van der Waals surface area contributed by atoms with Crippen LogP contribution >= 0.6 is 0 Å². The highest BCUT2D eigenvalue weighted by atomic mass is 15.1. The van der Waals surface area contributed by atoms with Crippen LogP contribution in [0.1, 0.15) is 65.2 Å². The molecule has 2 rings (SSSR count). The Morgan fingerprint density at radius 1 is 1.11 bits per heavy atom. The molecule has 0 aromatic rings. The van der Waals surface area contributed by atoms with E-state index in [1.165, 1.54) is 57.9 Å². The molecule has 2 fully saturated rings. The van der Waals surface area contributed by atoms with Crippen LogP contribution < -0.4 is 5.32 Å². The zero-order valence-electron chi connectivity index (χ0n) is 13.5. The molecule has 0 radical (unpaired) electrons. The van der Waals surface area contributed by atoms with Crippen LogP contribution in [0.2, 0.25) is 0 Å². The summed E-state index contributed by atoms with van der Waals surface area (Å²) in [5.74, 6) is 0.834. The molecule has 0 saturated heterocycles. The molecule has 0 bridgehead atoms. The van der Waals surface area contributed by atoms with Gasteiger partial charge >= 0.3 is 0 Å². The number of hydrogen-bond donors (Lipinski definition) is 1. The number of hydrogen-bond acceptors (Lipinski definition) is 2. The highest BCUT2D eigenvalue weighted by molar-refractivity contribution is 4.90. The molecular weight excluding hydrogens is 232 g/mol. The van der Waals surface area contributed by atoms with Crippen LogP contribution in [-0.4, -0.2) is 37.6 Å². The van der Waals surface area contributed by atoms with Crippen LogP contribution in [0.3, 0.4) is 0 Å². The topological polar surface area (TPSA) is 15.3 Å². The van der Waals surface area contributed by atoms with Gasteiger partial charge in [-0.3, -0.25) is 0 Å². The standard InChI is InChI=1S/C17H34N2/c1-17(2)11-10-16(18-3)14(12-17)13-19(4)15-8-6-5-7-9-15/h14-16,18H,5-13H2,1-4H3. The van der Waals surface area contributed by atoms with Crippen LogP contribution in [0.4, 0.5) is 0 Å². The fourth-order valence-electron chi connectivity index (χ4n) is 4.35. The van der Waals surface area contributed by atoms with Gasteiger partial charge in [0.25, 0.3) is 0 Å². The third kappa shape index (κ3) is 4.19. The van der Waals surface area contributed by atoms with E-state index in [0.717, 1.165) is 18.0 Å². The largest absolute Gasteiger partial charge is 0.317 e. The van der Waals surface area contributed by atoms with Crippen LogP contribution in [0, 0.1) is 11.3 Å². The summed E-state index contributed by atoms with van der Waals surface area (Å²) in [6, 6.07) is 1.59. The Hall–Kier alpha value is -0.0800. The minimum atomic E-state index is 0.547. The van der Waals surface area contributed by atoms with Crippen molar-refractivity contribution in [2.45, 2.75) is 77.3 Å². The predicted octanol–water partition coefficient (Wildman–Crippen LogP) is 3.67. The van der Waals surface area contributed by atoms with Gasteiger partial charge in [-0.05, 0) is 57.5 Å². The molecule has 0 spiro atoms. The van der Waals surface area contributed by atoms with E-state index in [9.17, 15) is 0 Å². The van der Waals surface area contributed by atoms with Gasteiger partial charge in [-0.2, -0.15) is 0 Å². The maximum atomic E-state index is 3.57. The molecule has 2 nitrogen and oxygen atoms in total. The molecule has 0 amide bonds. The van der Waals surface area contributed by atoms with Crippen molar-refractivity contribution in [1.82, 2.24) is 10.2 Å². The lowest BCUT2D eigenvalue weighted by Crippen LogP contribution is -2.47. The Balaban J connectivity index is 1.90. The second-order valence-electron chi connectivity index (χ2n) is 7.79. The SMILES string of the molecule is CNC1CCC(C)(C)CC1CN(C)C1CCCCC1. The monoisotopic (exact) mass is 266 g/mol. The van der Waals surface area contributed by atoms with Crippen molar-refractivity contribution in [3.8, 4) is 0 Å². The molecule has 112 valence electrons. The summed E-state index contributed by atoms with van der Waals surface area (Å²) in [5, 5.41) is 3.57. The molecule has 1 N–H and O–H groups in total. The second kappa shape index (κ2) is 6.58. The van der Waals surface area contributed by atoms with Crippen molar-refractivity contribution in [3.05, 3.63) is 0 Å². The zero-order valence-corrected chi connectivity index (χ0v) is 13.5. The fraction of sp³-hybridized carbons (Fsp3) is 1.00. The summed E-state index contributed by atoms with van der Waals surface area (Å²) < 4.78 is 0.